The number of anilines is 1. The van der Waals surface area contributed by atoms with Gasteiger partial charge in [0, 0.05) is 23.5 Å². The Labute approximate surface area is 111 Å². The third-order valence-corrected chi connectivity index (χ3v) is 2.71. The highest BCUT2D eigenvalue weighted by Crippen LogP contribution is 2.29. The quantitative estimate of drug-likeness (QED) is 0.881. The molecule has 0 aliphatic rings. The summed E-state index contributed by atoms with van der Waals surface area (Å²) < 4.78 is 5.71. The van der Waals surface area contributed by atoms with Gasteiger partial charge in [0.25, 0.3) is 0 Å². The summed E-state index contributed by atoms with van der Waals surface area (Å²) in [7, 11) is 0. The lowest BCUT2D eigenvalue weighted by Gasteiger charge is -2.12. The Bertz CT molecular complexity index is 615. The van der Waals surface area contributed by atoms with E-state index in [1.807, 2.05) is 13.8 Å². The van der Waals surface area contributed by atoms with E-state index >= 15 is 0 Å². The maximum Gasteiger partial charge on any atom is 0.248 e. The van der Waals surface area contributed by atoms with Gasteiger partial charge in [0.2, 0.25) is 11.8 Å². The minimum atomic E-state index is -0.458. The Morgan fingerprint density at radius 1 is 1.21 bits per heavy atom. The van der Waals surface area contributed by atoms with Gasteiger partial charge in [-0.25, -0.2) is 4.98 Å². The van der Waals surface area contributed by atoms with E-state index in [9.17, 15) is 4.79 Å². The molecular weight excluding hydrogens is 242 g/mol. The standard InChI is InChI=1S/C14H15N3O2/c1-8-5-10(14(16)18)6-9(2)13(8)19-12-7-11(15)3-4-17-12/h3-7H,1-2H3,(H2,15,17)(H2,16,18). The topological polar surface area (TPSA) is 91.2 Å². The van der Waals surface area contributed by atoms with Crippen LogP contribution in [0.15, 0.2) is 30.5 Å². The molecule has 2 rings (SSSR count). The largest absolute Gasteiger partial charge is 0.438 e. The molecule has 1 heterocycles. The summed E-state index contributed by atoms with van der Waals surface area (Å²) in [5.74, 6) is 0.612. The van der Waals surface area contributed by atoms with E-state index in [4.69, 9.17) is 16.2 Å². The van der Waals surface area contributed by atoms with E-state index in [0.29, 0.717) is 22.9 Å². The fourth-order valence-corrected chi connectivity index (χ4v) is 1.84. The van der Waals surface area contributed by atoms with Crippen molar-refractivity contribution in [2.24, 2.45) is 5.73 Å². The molecule has 1 amide bonds. The minimum Gasteiger partial charge on any atom is -0.438 e. The number of nitrogens with zero attached hydrogens (tertiary/aromatic N) is 1. The average Bonchev–Trinajstić information content (AvgIpc) is 2.33. The molecule has 0 aliphatic heterocycles. The molecule has 5 nitrogen and oxygen atoms in total. The minimum absolute atomic E-state index is 0.415. The Morgan fingerprint density at radius 2 is 1.84 bits per heavy atom. The maximum atomic E-state index is 11.2. The summed E-state index contributed by atoms with van der Waals surface area (Å²) in [4.78, 5) is 15.3. The Morgan fingerprint density at radius 3 is 2.37 bits per heavy atom. The number of amides is 1. The average molecular weight is 257 g/mol. The first-order valence-electron chi connectivity index (χ1n) is 5.78. The number of carbonyl (C=O) groups excluding carboxylic acids is 1. The lowest BCUT2D eigenvalue weighted by Crippen LogP contribution is -2.11. The molecule has 98 valence electrons. The SMILES string of the molecule is Cc1cc(C(N)=O)cc(C)c1Oc1cc(N)ccn1. The highest BCUT2D eigenvalue weighted by atomic mass is 16.5. The number of nitrogens with two attached hydrogens (primary N) is 2. The number of primary amides is 1. The first-order chi connectivity index (χ1) is 8.97. The number of nitrogen functional groups attached to an aromatic ring is 1. The molecule has 0 bridgehead atoms. The van der Waals surface area contributed by atoms with Crippen LogP contribution in [0.2, 0.25) is 0 Å². The van der Waals surface area contributed by atoms with Gasteiger partial charge in [-0.15, -0.1) is 0 Å². The van der Waals surface area contributed by atoms with Crippen LogP contribution in [0.3, 0.4) is 0 Å². The second-order valence-corrected chi connectivity index (χ2v) is 4.33. The van der Waals surface area contributed by atoms with Crippen LogP contribution < -0.4 is 16.2 Å². The molecule has 1 aromatic heterocycles. The zero-order chi connectivity index (χ0) is 14.0. The van der Waals surface area contributed by atoms with Crippen LogP contribution in [0.1, 0.15) is 21.5 Å². The molecule has 0 aliphatic carbocycles. The maximum absolute atomic E-state index is 11.2. The van der Waals surface area contributed by atoms with Crippen LogP contribution in [0.4, 0.5) is 5.69 Å². The van der Waals surface area contributed by atoms with Crippen molar-refractivity contribution in [1.29, 1.82) is 0 Å². The zero-order valence-corrected chi connectivity index (χ0v) is 10.8. The number of benzene rings is 1. The molecule has 2 aromatic rings. The van der Waals surface area contributed by atoms with Gasteiger partial charge in [-0.1, -0.05) is 0 Å². The van der Waals surface area contributed by atoms with Gasteiger partial charge in [-0.05, 0) is 43.2 Å². The van der Waals surface area contributed by atoms with E-state index < -0.39 is 5.91 Å². The Hall–Kier alpha value is -2.56. The summed E-state index contributed by atoms with van der Waals surface area (Å²) >= 11 is 0. The smallest absolute Gasteiger partial charge is 0.248 e. The summed E-state index contributed by atoms with van der Waals surface area (Å²) in [6.45, 7) is 3.70. The van der Waals surface area contributed by atoms with E-state index in [1.54, 1.807) is 30.5 Å². The molecule has 0 saturated carbocycles. The third kappa shape index (κ3) is 2.82. The van der Waals surface area contributed by atoms with E-state index in [-0.39, 0.29) is 0 Å². The number of hydrogen-bond acceptors (Lipinski definition) is 4. The summed E-state index contributed by atoms with van der Waals surface area (Å²) in [5, 5.41) is 0. The summed E-state index contributed by atoms with van der Waals surface area (Å²) in [5.41, 5.74) is 13.6. The predicted molar refractivity (Wildman–Crippen MR) is 73.2 cm³/mol. The first-order valence-corrected chi connectivity index (χ1v) is 5.78. The number of pyridine rings is 1. The van der Waals surface area contributed by atoms with Crippen molar-refractivity contribution >= 4 is 11.6 Å². The molecule has 0 spiro atoms. The van der Waals surface area contributed by atoms with Crippen LogP contribution in [-0.2, 0) is 0 Å². The van der Waals surface area contributed by atoms with E-state index in [0.717, 1.165) is 11.1 Å². The fraction of sp³-hybridized carbons (Fsp3) is 0.143. The highest BCUT2D eigenvalue weighted by Gasteiger charge is 2.11. The monoisotopic (exact) mass is 257 g/mol. The molecule has 0 atom stereocenters. The second-order valence-electron chi connectivity index (χ2n) is 4.33. The van der Waals surface area contributed by atoms with Crippen LogP contribution in [0.25, 0.3) is 0 Å². The predicted octanol–water partition coefficient (Wildman–Crippen LogP) is 2.17. The van der Waals surface area contributed by atoms with Crippen LogP contribution in [-0.4, -0.2) is 10.9 Å². The fourth-order valence-electron chi connectivity index (χ4n) is 1.84. The van der Waals surface area contributed by atoms with Crippen molar-refractivity contribution in [2.45, 2.75) is 13.8 Å². The first kappa shape index (κ1) is 12.9. The number of carbonyl (C=O) groups is 1. The van der Waals surface area contributed by atoms with Crippen molar-refractivity contribution in [1.82, 2.24) is 4.98 Å². The van der Waals surface area contributed by atoms with Crippen LogP contribution in [0.5, 0.6) is 11.6 Å². The molecule has 4 N–H and O–H groups in total. The van der Waals surface area contributed by atoms with Gasteiger partial charge < -0.3 is 16.2 Å². The Kier molecular flexibility index (Phi) is 3.37. The van der Waals surface area contributed by atoms with Crippen molar-refractivity contribution in [3.63, 3.8) is 0 Å². The van der Waals surface area contributed by atoms with E-state index in [2.05, 4.69) is 4.98 Å². The summed E-state index contributed by atoms with van der Waals surface area (Å²) in [6.07, 6.45) is 1.58. The third-order valence-electron chi connectivity index (χ3n) is 2.71. The molecule has 19 heavy (non-hydrogen) atoms. The van der Waals surface area contributed by atoms with Gasteiger partial charge >= 0.3 is 0 Å². The van der Waals surface area contributed by atoms with Gasteiger partial charge in [0.05, 0.1) is 0 Å². The van der Waals surface area contributed by atoms with Crippen molar-refractivity contribution in [2.75, 3.05) is 5.73 Å². The molecular formula is C14H15N3O2. The van der Waals surface area contributed by atoms with Gasteiger partial charge in [0.1, 0.15) is 5.75 Å². The number of hydrogen-bond donors (Lipinski definition) is 2. The van der Waals surface area contributed by atoms with Crippen molar-refractivity contribution < 1.29 is 9.53 Å². The van der Waals surface area contributed by atoms with Crippen LogP contribution >= 0.6 is 0 Å². The summed E-state index contributed by atoms with van der Waals surface area (Å²) in [6, 6.07) is 6.71. The molecule has 5 heteroatoms. The Balaban J connectivity index is 2.38. The van der Waals surface area contributed by atoms with Gasteiger partial charge in [-0.2, -0.15) is 0 Å². The molecule has 0 radical (unpaired) electrons. The van der Waals surface area contributed by atoms with E-state index in [1.165, 1.54) is 0 Å². The van der Waals surface area contributed by atoms with Crippen molar-refractivity contribution in [3.05, 3.63) is 47.2 Å². The molecule has 0 fully saturated rings. The number of rotatable bonds is 3. The molecule has 0 unspecified atom stereocenters. The lowest BCUT2D eigenvalue weighted by molar-refractivity contribution is 0.1000. The zero-order valence-electron chi connectivity index (χ0n) is 10.8. The highest BCUT2D eigenvalue weighted by molar-refractivity contribution is 5.93. The van der Waals surface area contributed by atoms with Crippen molar-refractivity contribution in [3.8, 4) is 11.6 Å². The molecule has 0 saturated heterocycles. The second kappa shape index (κ2) is 4.97. The normalized spacial score (nSPS) is 10.2. The number of aryl methyl sites for hydroxylation is 2. The van der Waals surface area contributed by atoms with Gasteiger partial charge in [0.15, 0.2) is 0 Å². The van der Waals surface area contributed by atoms with Crippen LogP contribution in [0, 0.1) is 13.8 Å². The van der Waals surface area contributed by atoms with Gasteiger partial charge in [-0.3, -0.25) is 4.79 Å². The molecule has 1 aromatic carbocycles. The number of ether oxygens (including phenoxy) is 1. The number of aromatic nitrogens is 1. The lowest BCUT2D eigenvalue weighted by atomic mass is 10.1.